The Kier molecular flexibility index (Phi) is 5.81. The fourth-order valence-electron chi connectivity index (χ4n) is 2.33. The zero-order valence-electron chi connectivity index (χ0n) is 13.0. The topological polar surface area (TPSA) is 53.1 Å². The first-order valence-electron chi connectivity index (χ1n) is 7.74. The van der Waals surface area contributed by atoms with Crippen molar-refractivity contribution >= 4 is 0 Å². The van der Waals surface area contributed by atoms with Crippen LogP contribution in [0.5, 0.6) is 5.75 Å². The van der Waals surface area contributed by atoms with Crippen molar-refractivity contribution < 1.29 is 4.74 Å². The molecule has 0 amide bonds. The standard InChI is InChI=1S/C17H25N3O/c1-3-15-13-16(4-2)20(19-15)11-12-21-17-7-5-14(6-8-17)9-10-18/h5-8,13H,3-4,9-12,18H2,1-2H3. The van der Waals surface area contributed by atoms with Crippen molar-refractivity contribution in [3.8, 4) is 5.75 Å². The lowest BCUT2D eigenvalue weighted by Crippen LogP contribution is -2.12. The number of ether oxygens (including phenoxy) is 1. The van der Waals surface area contributed by atoms with Crippen molar-refractivity contribution in [3.05, 3.63) is 47.3 Å². The molecule has 0 aliphatic carbocycles. The second-order valence-electron chi connectivity index (χ2n) is 5.09. The van der Waals surface area contributed by atoms with Gasteiger partial charge in [0.2, 0.25) is 0 Å². The van der Waals surface area contributed by atoms with Gasteiger partial charge in [0, 0.05) is 5.69 Å². The maximum absolute atomic E-state index is 5.79. The molecule has 0 saturated carbocycles. The van der Waals surface area contributed by atoms with Crippen molar-refractivity contribution in [2.75, 3.05) is 13.2 Å². The minimum Gasteiger partial charge on any atom is -0.492 e. The molecule has 4 nitrogen and oxygen atoms in total. The molecular weight excluding hydrogens is 262 g/mol. The molecule has 21 heavy (non-hydrogen) atoms. The summed E-state index contributed by atoms with van der Waals surface area (Å²) in [7, 11) is 0. The predicted molar refractivity (Wildman–Crippen MR) is 85.7 cm³/mol. The molecule has 2 N–H and O–H groups in total. The van der Waals surface area contributed by atoms with E-state index in [1.54, 1.807) is 0 Å². The van der Waals surface area contributed by atoms with E-state index in [4.69, 9.17) is 10.5 Å². The third kappa shape index (κ3) is 4.33. The molecule has 0 unspecified atom stereocenters. The largest absolute Gasteiger partial charge is 0.492 e. The summed E-state index contributed by atoms with van der Waals surface area (Å²) < 4.78 is 7.85. The summed E-state index contributed by atoms with van der Waals surface area (Å²) in [6, 6.07) is 10.3. The van der Waals surface area contributed by atoms with Gasteiger partial charge in [-0.15, -0.1) is 0 Å². The zero-order valence-corrected chi connectivity index (χ0v) is 13.0. The second-order valence-corrected chi connectivity index (χ2v) is 5.09. The Morgan fingerprint density at radius 1 is 1.14 bits per heavy atom. The first kappa shape index (κ1) is 15.6. The van der Waals surface area contributed by atoms with Crippen LogP contribution in [-0.4, -0.2) is 22.9 Å². The average molecular weight is 287 g/mol. The van der Waals surface area contributed by atoms with Crippen molar-refractivity contribution in [3.63, 3.8) is 0 Å². The molecule has 114 valence electrons. The number of nitrogens with two attached hydrogens (primary N) is 1. The van der Waals surface area contributed by atoms with E-state index in [1.165, 1.54) is 11.3 Å². The van der Waals surface area contributed by atoms with Gasteiger partial charge in [0.05, 0.1) is 12.2 Å². The number of rotatable bonds is 8. The maximum atomic E-state index is 5.79. The van der Waals surface area contributed by atoms with E-state index in [2.05, 4.69) is 41.8 Å². The lowest BCUT2D eigenvalue weighted by molar-refractivity contribution is 0.289. The highest BCUT2D eigenvalue weighted by molar-refractivity contribution is 5.27. The van der Waals surface area contributed by atoms with Crippen molar-refractivity contribution in [1.29, 1.82) is 0 Å². The molecule has 0 aliphatic heterocycles. The van der Waals surface area contributed by atoms with Gasteiger partial charge >= 0.3 is 0 Å². The minimum atomic E-state index is 0.633. The Balaban J connectivity index is 1.87. The number of aryl methyl sites for hydroxylation is 2. The van der Waals surface area contributed by atoms with Gasteiger partial charge in [-0.2, -0.15) is 5.10 Å². The first-order valence-corrected chi connectivity index (χ1v) is 7.74. The van der Waals surface area contributed by atoms with Crippen LogP contribution in [0.4, 0.5) is 0 Å². The van der Waals surface area contributed by atoms with Crippen LogP contribution in [-0.2, 0) is 25.8 Å². The lowest BCUT2D eigenvalue weighted by atomic mass is 10.1. The average Bonchev–Trinajstić information content (AvgIpc) is 2.92. The van der Waals surface area contributed by atoms with Gasteiger partial charge < -0.3 is 10.5 Å². The van der Waals surface area contributed by atoms with Gasteiger partial charge in [0.1, 0.15) is 12.4 Å². The van der Waals surface area contributed by atoms with Crippen LogP contribution >= 0.6 is 0 Å². The van der Waals surface area contributed by atoms with Gasteiger partial charge in [-0.25, -0.2) is 0 Å². The normalized spacial score (nSPS) is 10.8. The summed E-state index contributed by atoms with van der Waals surface area (Å²) in [6.07, 6.45) is 2.89. The highest BCUT2D eigenvalue weighted by Gasteiger charge is 2.05. The molecule has 1 aromatic heterocycles. The molecule has 0 spiro atoms. The molecule has 2 aromatic rings. The summed E-state index contributed by atoms with van der Waals surface area (Å²) in [5.74, 6) is 0.900. The number of benzene rings is 1. The Hall–Kier alpha value is -1.81. The molecule has 0 bridgehead atoms. The maximum Gasteiger partial charge on any atom is 0.119 e. The molecule has 2 rings (SSSR count). The molecule has 1 heterocycles. The summed E-state index contributed by atoms with van der Waals surface area (Å²) in [5.41, 5.74) is 9.21. The van der Waals surface area contributed by atoms with E-state index < -0.39 is 0 Å². The molecule has 4 heteroatoms. The summed E-state index contributed by atoms with van der Waals surface area (Å²) in [5, 5.41) is 4.59. The molecular formula is C17H25N3O. The number of hydrogen-bond acceptors (Lipinski definition) is 3. The Morgan fingerprint density at radius 3 is 2.52 bits per heavy atom. The first-order chi connectivity index (χ1) is 10.3. The van der Waals surface area contributed by atoms with E-state index in [1.807, 2.05) is 12.1 Å². The third-order valence-corrected chi connectivity index (χ3v) is 3.57. The molecule has 0 saturated heterocycles. The quantitative estimate of drug-likeness (QED) is 0.812. The molecule has 1 aromatic carbocycles. The SMILES string of the molecule is CCc1cc(CC)n(CCOc2ccc(CCN)cc2)n1. The van der Waals surface area contributed by atoms with Crippen LogP contribution in [0.25, 0.3) is 0 Å². The van der Waals surface area contributed by atoms with Crippen LogP contribution in [0.3, 0.4) is 0 Å². The van der Waals surface area contributed by atoms with E-state index in [-0.39, 0.29) is 0 Å². The van der Waals surface area contributed by atoms with Gasteiger partial charge in [0.25, 0.3) is 0 Å². The smallest absolute Gasteiger partial charge is 0.119 e. The summed E-state index contributed by atoms with van der Waals surface area (Å²) >= 11 is 0. The second kappa shape index (κ2) is 7.84. The minimum absolute atomic E-state index is 0.633. The molecule has 0 radical (unpaired) electrons. The number of hydrogen-bond donors (Lipinski definition) is 1. The van der Waals surface area contributed by atoms with Crippen LogP contribution in [0, 0.1) is 0 Å². The van der Waals surface area contributed by atoms with Crippen molar-refractivity contribution in [1.82, 2.24) is 9.78 Å². The van der Waals surface area contributed by atoms with Gasteiger partial charge in [-0.1, -0.05) is 26.0 Å². The van der Waals surface area contributed by atoms with Crippen LogP contribution in [0.2, 0.25) is 0 Å². The summed E-state index contributed by atoms with van der Waals surface area (Å²) in [4.78, 5) is 0. The van der Waals surface area contributed by atoms with E-state index in [9.17, 15) is 0 Å². The van der Waals surface area contributed by atoms with Crippen molar-refractivity contribution in [2.24, 2.45) is 5.73 Å². The van der Waals surface area contributed by atoms with Crippen molar-refractivity contribution in [2.45, 2.75) is 39.7 Å². The Morgan fingerprint density at radius 2 is 1.90 bits per heavy atom. The predicted octanol–water partition coefficient (Wildman–Crippen LogP) is 2.59. The third-order valence-electron chi connectivity index (χ3n) is 3.57. The highest BCUT2D eigenvalue weighted by atomic mass is 16.5. The monoisotopic (exact) mass is 287 g/mol. The van der Waals surface area contributed by atoms with Crippen LogP contribution < -0.4 is 10.5 Å². The zero-order chi connectivity index (χ0) is 15.1. The van der Waals surface area contributed by atoms with Gasteiger partial charge in [0.15, 0.2) is 0 Å². The number of aromatic nitrogens is 2. The molecule has 0 atom stereocenters. The van der Waals surface area contributed by atoms with E-state index >= 15 is 0 Å². The number of nitrogens with zero attached hydrogens (tertiary/aromatic N) is 2. The Labute approximate surface area is 126 Å². The fraction of sp³-hybridized carbons (Fsp3) is 0.471. The fourth-order valence-corrected chi connectivity index (χ4v) is 2.33. The lowest BCUT2D eigenvalue weighted by Gasteiger charge is -2.09. The van der Waals surface area contributed by atoms with E-state index in [0.29, 0.717) is 13.2 Å². The highest BCUT2D eigenvalue weighted by Crippen LogP contribution is 2.13. The molecule has 0 fully saturated rings. The van der Waals surface area contributed by atoms with Crippen LogP contribution in [0.15, 0.2) is 30.3 Å². The molecule has 0 aliphatic rings. The Bertz CT molecular complexity index is 546. The van der Waals surface area contributed by atoms with Gasteiger partial charge in [-0.3, -0.25) is 4.68 Å². The van der Waals surface area contributed by atoms with Crippen LogP contribution in [0.1, 0.15) is 30.8 Å². The van der Waals surface area contributed by atoms with E-state index in [0.717, 1.165) is 37.3 Å². The van der Waals surface area contributed by atoms with Gasteiger partial charge in [-0.05, 0) is 49.6 Å². The summed E-state index contributed by atoms with van der Waals surface area (Å²) in [6.45, 7) is 6.39.